The molecule has 0 amide bonds. The highest BCUT2D eigenvalue weighted by Gasteiger charge is 2.84. The number of ether oxygens (including phenoxy) is 4. The monoisotopic (exact) mass is 403 g/mol. The van der Waals surface area contributed by atoms with E-state index in [0.29, 0.717) is 28.9 Å². The summed E-state index contributed by atoms with van der Waals surface area (Å²) in [6, 6.07) is 0.405. The van der Waals surface area contributed by atoms with Crippen molar-refractivity contribution >= 4 is 5.97 Å². The summed E-state index contributed by atoms with van der Waals surface area (Å²) in [4.78, 5) is 14.9. The topological polar surface area (TPSA) is 77.5 Å². The molecule has 6 heterocycles. The van der Waals surface area contributed by atoms with Crippen LogP contribution in [0.5, 0.6) is 0 Å². The Hall–Kier alpha value is -1.57. The number of nitrogens with zero attached hydrogens (tertiary/aromatic N) is 1. The third-order valence-electron chi connectivity index (χ3n) is 8.56. The fourth-order valence-corrected chi connectivity index (χ4v) is 7.62. The third-order valence-corrected chi connectivity index (χ3v) is 8.56. The summed E-state index contributed by atoms with van der Waals surface area (Å²) in [6.45, 7) is 6.82. The van der Waals surface area contributed by atoms with Gasteiger partial charge in [0.2, 0.25) is 11.5 Å². The number of aliphatic hydroxyl groups excluding tert-OH is 1. The Bertz CT molecular complexity index is 863. The number of rotatable bonds is 4. The number of cyclic esters (lactones) is 1. The molecule has 29 heavy (non-hydrogen) atoms. The molecular weight excluding hydrogens is 374 g/mol. The van der Waals surface area contributed by atoms with Crippen LogP contribution in [0.1, 0.15) is 46.5 Å². The normalized spacial score (nSPS) is 52.2. The number of fused-ring (bicyclic) bond motifs is 1. The molecule has 0 saturated carbocycles. The largest absolute Gasteiger partial charge is 0.492 e. The molecule has 5 saturated heterocycles. The van der Waals surface area contributed by atoms with Crippen LogP contribution in [-0.4, -0.2) is 59.2 Å². The van der Waals surface area contributed by atoms with Gasteiger partial charge in [-0.05, 0) is 46.1 Å². The van der Waals surface area contributed by atoms with Crippen LogP contribution in [0.25, 0.3) is 0 Å². The van der Waals surface area contributed by atoms with Gasteiger partial charge in [0.05, 0.1) is 36.3 Å². The summed E-state index contributed by atoms with van der Waals surface area (Å²) < 4.78 is 24.5. The molecule has 0 radical (unpaired) electrons. The zero-order chi connectivity index (χ0) is 20.3. The lowest BCUT2D eigenvalue weighted by Crippen LogP contribution is -2.61. The number of hydrogen-bond donors (Lipinski definition) is 1. The molecule has 1 spiro atoms. The maximum absolute atomic E-state index is 12.2. The Labute approximate surface area is 170 Å². The van der Waals surface area contributed by atoms with Crippen LogP contribution in [0.3, 0.4) is 0 Å². The fourth-order valence-electron chi connectivity index (χ4n) is 7.62. The van der Waals surface area contributed by atoms with Gasteiger partial charge in [0.25, 0.3) is 0 Å². The first kappa shape index (κ1) is 18.2. The average Bonchev–Trinajstić information content (AvgIpc) is 3.38. The van der Waals surface area contributed by atoms with Crippen molar-refractivity contribution in [3.63, 3.8) is 0 Å². The summed E-state index contributed by atoms with van der Waals surface area (Å²) >= 11 is 0. The van der Waals surface area contributed by atoms with Crippen molar-refractivity contribution < 1.29 is 28.8 Å². The molecule has 6 aliphatic heterocycles. The lowest BCUT2D eigenvalue weighted by atomic mass is 9.69. The van der Waals surface area contributed by atoms with Crippen LogP contribution in [0.4, 0.5) is 0 Å². The van der Waals surface area contributed by atoms with Gasteiger partial charge in [-0.1, -0.05) is 6.92 Å². The Morgan fingerprint density at radius 3 is 2.93 bits per heavy atom. The van der Waals surface area contributed by atoms with E-state index >= 15 is 0 Å². The van der Waals surface area contributed by atoms with Crippen molar-refractivity contribution in [1.82, 2.24) is 4.90 Å². The molecule has 6 aliphatic rings. The van der Waals surface area contributed by atoms with Gasteiger partial charge in [-0.25, -0.2) is 4.79 Å². The van der Waals surface area contributed by atoms with E-state index in [-0.39, 0.29) is 41.5 Å². The van der Waals surface area contributed by atoms with Gasteiger partial charge in [0.15, 0.2) is 5.76 Å². The van der Waals surface area contributed by atoms with E-state index in [1.165, 1.54) is 0 Å². The van der Waals surface area contributed by atoms with E-state index in [1.54, 1.807) is 14.0 Å². The predicted molar refractivity (Wildman–Crippen MR) is 101 cm³/mol. The molecule has 5 fully saturated rings. The minimum absolute atomic E-state index is 0.0276. The molecule has 9 atom stereocenters. The third kappa shape index (κ3) is 1.89. The molecule has 6 rings (SSSR count). The SMILES string of the molecule is COC1=C(C)C(=O)O/C1=C1\O[C@@]23O[C@H]4C[C@@H]([C@H]2[C@@H]1C)N1CC[C@@H]3[C@@]41CC[C@@H](C)O. The number of piperidine rings is 1. The maximum atomic E-state index is 12.2. The summed E-state index contributed by atoms with van der Waals surface area (Å²) in [6.07, 6.45) is 3.61. The number of esters is 1. The van der Waals surface area contributed by atoms with Gasteiger partial charge in [0.1, 0.15) is 5.76 Å². The van der Waals surface area contributed by atoms with Crippen molar-refractivity contribution in [2.75, 3.05) is 13.7 Å². The van der Waals surface area contributed by atoms with Gasteiger partial charge in [-0.15, -0.1) is 0 Å². The van der Waals surface area contributed by atoms with Crippen LogP contribution in [0.2, 0.25) is 0 Å². The molecule has 0 aliphatic carbocycles. The lowest BCUT2D eigenvalue weighted by molar-refractivity contribution is -0.256. The summed E-state index contributed by atoms with van der Waals surface area (Å²) in [5, 5.41) is 9.95. The second-order valence-electron chi connectivity index (χ2n) is 9.70. The standard InChI is InChI=1S/C22H29NO6/c1-10(24)5-7-21-14-6-8-23(21)13-9-15(21)28-22(14)16(13)11(2)18(29-22)19-17(26-4)12(3)20(25)27-19/h10-11,13-16,24H,5-9H2,1-4H3/b19-18-/t10-,11+,13+,14-,15+,16-,21+,22-/m1/s1. The Balaban J connectivity index is 1.44. The number of carbonyl (C=O) groups excluding carboxylic acids is 1. The van der Waals surface area contributed by atoms with Crippen LogP contribution in [0.15, 0.2) is 22.9 Å². The molecule has 0 aromatic heterocycles. The van der Waals surface area contributed by atoms with Crippen molar-refractivity contribution in [2.24, 2.45) is 17.8 Å². The number of hydrogen-bond acceptors (Lipinski definition) is 7. The van der Waals surface area contributed by atoms with Crippen molar-refractivity contribution in [2.45, 2.75) is 76.0 Å². The Kier molecular flexibility index (Phi) is 3.49. The Morgan fingerprint density at radius 2 is 2.21 bits per heavy atom. The smallest absolute Gasteiger partial charge is 0.343 e. The fraction of sp³-hybridized carbons (Fsp3) is 0.773. The minimum Gasteiger partial charge on any atom is -0.492 e. The minimum atomic E-state index is -0.650. The summed E-state index contributed by atoms with van der Waals surface area (Å²) in [5.41, 5.74) is 0.451. The van der Waals surface area contributed by atoms with Crippen LogP contribution < -0.4 is 0 Å². The van der Waals surface area contributed by atoms with Crippen LogP contribution >= 0.6 is 0 Å². The first-order valence-electron chi connectivity index (χ1n) is 10.9. The molecule has 5 bridgehead atoms. The Morgan fingerprint density at radius 1 is 1.41 bits per heavy atom. The van der Waals surface area contributed by atoms with Gasteiger partial charge < -0.3 is 24.1 Å². The first-order chi connectivity index (χ1) is 13.8. The number of methoxy groups -OCH3 is 1. The molecule has 158 valence electrons. The van der Waals surface area contributed by atoms with Crippen LogP contribution in [0, 0.1) is 17.8 Å². The van der Waals surface area contributed by atoms with Crippen molar-refractivity contribution in [3.8, 4) is 0 Å². The van der Waals surface area contributed by atoms with Gasteiger partial charge in [-0.3, -0.25) is 4.90 Å². The lowest BCUT2D eigenvalue weighted by Gasteiger charge is -2.48. The zero-order valence-electron chi connectivity index (χ0n) is 17.4. The number of allylic oxidation sites excluding steroid dienone is 1. The molecule has 0 aromatic carbocycles. The maximum Gasteiger partial charge on any atom is 0.343 e. The van der Waals surface area contributed by atoms with Crippen molar-refractivity contribution in [3.05, 3.63) is 22.9 Å². The molecule has 1 N–H and O–H groups in total. The van der Waals surface area contributed by atoms with Crippen LogP contribution in [-0.2, 0) is 23.7 Å². The van der Waals surface area contributed by atoms with E-state index in [4.69, 9.17) is 18.9 Å². The van der Waals surface area contributed by atoms with E-state index in [2.05, 4.69) is 11.8 Å². The zero-order valence-corrected chi connectivity index (χ0v) is 17.4. The summed E-state index contributed by atoms with van der Waals surface area (Å²) in [5.74, 6) is 1.15. The molecule has 0 aromatic rings. The van der Waals surface area contributed by atoms with Crippen molar-refractivity contribution in [1.29, 1.82) is 0 Å². The number of carbonyl (C=O) groups is 1. The predicted octanol–water partition coefficient (Wildman–Crippen LogP) is 2.06. The second kappa shape index (κ2) is 5.56. The highest BCUT2D eigenvalue weighted by atomic mass is 16.7. The molecule has 7 nitrogen and oxygen atoms in total. The van der Waals surface area contributed by atoms with E-state index < -0.39 is 5.79 Å². The van der Waals surface area contributed by atoms with Gasteiger partial charge >= 0.3 is 5.97 Å². The number of aliphatic hydroxyl groups is 1. The van der Waals surface area contributed by atoms with Gasteiger partial charge in [0, 0.05) is 17.9 Å². The molecule has 1 unspecified atom stereocenters. The second-order valence-corrected chi connectivity index (χ2v) is 9.70. The summed E-state index contributed by atoms with van der Waals surface area (Å²) in [7, 11) is 1.56. The quantitative estimate of drug-likeness (QED) is 0.720. The highest BCUT2D eigenvalue weighted by molar-refractivity contribution is 5.93. The molecule has 7 heteroatoms. The van der Waals surface area contributed by atoms with Gasteiger partial charge in [-0.2, -0.15) is 0 Å². The average molecular weight is 403 g/mol. The molecular formula is C22H29NO6. The first-order valence-corrected chi connectivity index (χ1v) is 10.9. The highest BCUT2D eigenvalue weighted by Crippen LogP contribution is 2.73. The van der Waals surface area contributed by atoms with E-state index in [9.17, 15) is 9.90 Å². The van der Waals surface area contributed by atoms with E-state index in [1.807, 2.05) is 6.92 Å². The van der Waals surface area contributed by atoms with E-state index in [0.717, 1.165) is 32.2 Å².